The molecular weight excluding hydrogens is 209 g/mol. The lowest BCUT2D eigenvalue weighted by atomic mass is 10.1. The van der Waals surface area contributed by atoms with Crippen LogP contribution in [0.3, 0.4) is 0 Å². The van der Waals surface area contributed by atoms with Crippen molar-refractivity contribution in [3.8, 4) is 0 Å². The zero-order valence-electron chi connectivity index (χ0n) is 7.45. The van der Waals surface area contributed by atoms with Gasteiger partial charge in [-0.2, -0.15) is 18.2 Å². The zero-order chi connectivity index (χ0) is 11.5. The molecule has 80 valence electrons. The topological polar surface area (TPSA) is 55.5 Å². The summed E-state index contributed by atoms with van der Waals surface area (Å²) in [4.78, 5) is 13.1. The van der Waals surface area contributed by atoms with Crippen LogP contribution in [0.5, 0.6) is 0 Å². The largest absolute Gasteiger partial charge is 0.434 e. The van der Waals surface area contributed by atoms with Crippen LogP contribution in [0.15, 0.2) is 35.3 Å². The van der Waals surface area contributed by atoms with Crippen LogP contribution < -0.4 is 5.73 Å². The summed E-state index contributed by atoms with van der Waals surface area (Å²) in [5.74, 6) is 0. The van der Waals surface area contributed by atoms with E-state index >= 15 is 0 Å². The molecule has 1 aromatic rings. The summed E-state index contributed by atoms with van der Waals surface area (Å²) in [6, 6.07) is 5.42. The minimum Gasteiger partial charge on any atom is -0.350 e. The van der Waals surface area contributed by atoms with Crippen molar-refractivity contribution in [3.05, 3.63) is 35.9 Å². The third-order valence-electron chi connectivity index (χ3n) is 1.54. The van der Waals surface area contributed by atoms with Gasteiger partial charge >= 0.3 is 12.2 Å². The summed E-state index contributed by atoms with van der Waals surface area (Å²) in [7, 11) is 0. The second kappa shape index (κ2) is 4.12. The lowest BCUT2D eigenvalue weighted by molar-refractivity contribution is -0.0580. The number of primary amides is 1. The average molecular weight is 216 g/mol. The number of nitrogens with zero attached hydrogens (tertiary/aromatic N) is 1. The van der Waals surface area contributed by atoms with Gasteiger partial charge < -0.3 is 5.73 Å². The van der Waals surface area contributed by atoms with Crippen molar-refractivity contribution >= 4 is 11.7 Å². The minimum absolute atomic E-state index is 0.191. The Morgan fingerprint density at radius 2 is 1.73 bits per heavy atom. The van der Waals surface area contributed by atoms with Crippen LogP contribution in [0.25, 0.3) is 0 Å². The smallest absolute Gasteiger partial charge is 0.350 e. The summed E-state index contributed by atoms with van der Waals surface area (Å²) in [6.45, 7) is 0. The van der Waals surface area contributed by atoms with E-state index in [1.165, 1.54) is 24.3 Å². The second-order valence-corrected chi connectivity index (χ2v) is 2.66. The van der Waals surface area contributed by atoms with Crippen molar-refractivity contribution in [3.63, 3.8) is 0 Å². The molecule has 0 aromatic heterocycles. The molecule has 0 spiro atoms. The van der Waals surface area contributed by atoms with Gasteiger partial charge in [-0.05, 0) is 0 Å². The van der Waals surface area contributed by atoms with Crippen molar-refractivity contribution < 1.29 is 18.0 Å². The van der Waals surface area contributed by atoms with E-state index in [0.717, 1.165) is 0 Å². The Balaban J connectivity index is 3.20. The fourth-order valence-corrected chi connectivity index (χ4v) is 0.998. The van der Waals surface area contributed by atoms with Crippen molar-refractivity contribution in [1.29, 1.82) is 0 Å². The predicted octanol–water partition coefficient (Wildman–Crippen LogP) is 2.12. The Hall–Kier alpha value is -1.85. The van der Waals surface area contributed by atoms with Gasteiger partial charge in [0.05, 0.1) is 0 Å². The number of urea groups is 1. The quantitative estimate of drug-likeness (QED) is 0.718. The first-order chi connectivity index (χ1) is 6.91. The lowest BCUT2D eigenvalue weighted by Crippen LogP contribution is -2.26. The highest BCUT2D eigenvalue weighted by Gasteiger charge is 2.37. The van der Waals surface area contributed by atoms with Crippen LogP contribution in [-0.4, -0.2) is 17.9 Å². The molecule has 0 bridgehead atoms. The maximum atomic E-state index is 12.4. The van der Waals surface area contributed by atoms with Gasteiger partial charge in [-0.1, -0.05) is 30.3 Å². The number of amides is 2. The number of halogens is 3. The summed E-state index contributed by atoms with van der Waals surface area (Å²) < 4.78 is 37.3. The summed E-state index contributed by atoms with van der Waals surface area (Å²) >= 11 is 0. The molecule has 0 heterocycles. The molecule has 0 atom stereocenters. The number of aliphatic imine (C=N–C) groups is 1. The molecule has 1 rings (SSSR count). The van der Waals surface area contributed by atoms with Crippen molar-refractivity contribution in [2.24, 2.45) is 10.7 Å². The maximum Gasteiger partial charge on any atom is 0.434 e. The van der Waals surface area contributed by atoms with Gasteiger partial charge in [-0.25, -0.2) is 4.79 Å². The standard InChI is InChI=1S/C9H7F3N2O/c10-9(11,12)7(14-8(13)15)6-4-2-1-3-5-6/h1-5H,(H2,13,15)/b14-7-. The summed E-state index contributed by atoms with van der Waals surface area (Å²) in [5.41, 5.74) is 3.13. The van der Waals surface area contributed by atoms with E-state index in [4.69, 9.17) is 0 Å². The van der Waals surface area contributed by atoms with Crippen LogP contribution in [0.4, 0.5) is 18.0 Å². The normalized spacial score (nSPS) is 12.6. The molecular formula is C9H7F3N2O. The average Bonchev–Trinajstić information content (AvgIpc) is 2.14. The van der Waals surface area contributed by atoms with Crippen molar-refractivity contribution in [2.45, 2.75) is 6.18 Å². The molecule has 3 nitrogen and oxygen atoms in total. The molecule has 0 aliphatic carbocycles. The van der Waals surface area contributed by atoms with E-state index < -0.39 is 17.9 Å². The van der Waals surface area contributed by atoms with Crippen LogP contribution in [0, 0.1) is 0 Å². The Labute approximate surface area is 83.4 Å². The maximum absolute atomic E-state index is 12.4. The van der Waals surface area contributed by atoms with Crippen LogP contribution in [-0.2, 0) is 0 Å². The minimum atomic E-state index is -4.70. The first-order valence-electron chi connectivity index (χ1n) is 3.92. The SMILES string of the molecule is NC(=O)/N=C(/c1ccccc1)C(F)(F)F. The number of rotatable bonds is 1. The van der Waals surface area contributed by atoms with Crippen LogP contribution >= 0.6 is 0 Å². The molecule has 0 saturated carbocycles. The monoisotopic (exact) mass is 216 g/mol. The number of nitrogens with two attached hydrogens (primary N) is 1. The highest BCUT2D eigenvalue weighted by atomic mass is 19.4. The van der Waals surface area contributed by atoms with E-state index in [1.54, 1.807) is 6.07 Å². The summed E-state index contributed by atoms with van der Waals surface area (Å²) in [6.07, 6.45) is -4.70. The Morgan fingerprint density at radius 3 is 2.13 bits per heavy atom. The Bertz CT molecular complexity index is 384. The molecule has 6 heteroatoms. The second-order valence-electron chi connectivity index (χ2n) is 2.66. The van der Waals surface area contributed by atoms with Gasteiger partial charge in [-0.3, -0.25) is 0 Å². The first kappa shape index (κ1) is 11.2. The number of carbonyl (C=O) groups excluding carboxylic acids is 1. The zero-order valence-corrected chi connectivity index (χ0v) is 7.45. The van der Waals surface area contributed by atoms with Crippen LogP contribution in [0.1, 0.15) is 5.56 Å². The number of hydrogen-bond donors (Lipinski definition) is 1. The molecule has 0 unspecified atom stereocenters. The molecule has 1 aromatic carbocycles. The van der Waals surface area contributed by atoms with Crippen molar-refractivity contribution in [2.75, 3.05) is 0 Å². The van der Waals surface area contributed by atoms with E-state index in [9.17, 15) is 18.0 Å². The number of carbonyl (C=O) groups is 1. The van der Waals surface area contributed by atoms with Gasteiger partial charge in [0.2, 0.25) is 0 Å². The molecule has 0 radical (unpaired) electrons. The molecule has 0 aliphatic rings. The van der Waals surface area contributed by atoms with Gasteiger partial charge in [0.25, 0.3) is 0 Å². The van der Waals surface area contributed by atoms with E-state index in [1.807, 2.05) is 0 Å². The van der Waals surface area contributed by atoms with Gasteiger partial charge in [-0.15, -0.1) is 0 Å². The number of alkyl halides is 3. The number of hydrogen-bond acceptors (Lipinski definition) is 1. The molecule has 15 heavy (non-hydrogen) atoms. The molecule has 0 aliphatic heterocycles. The van der Waals surface area contributed by atoms with E-state index in [-0.39, 0.29) is 5.56 Å². The fraction of sp³-hybridized carbons (Fsp3) is 0.111. The molecule has 2 N–H and O–H groups in total. The Morgan fingerprint density at radius 1 is 1.20 bits per heavy atom. The highest BCUT2D eigenvalue weighted by molar-refractivity contribution is 6.09. The Kier molecular flexibility index (Phi) is 3.08. The molecule has 0 saturated heterocycles. The van der Waals surface area contributed by atoms with Gasteiger partial charge in [0.15, 0.2) is 5.71 Å². The van der Waals surface area contributed by atoms with Gasteiger partial charge in [0.1, 0.15) is 0 Å². The third kappa shape index (κ3) is 3.08. The fourth-order valence-electron chi connectivity index (χ4n) is 0.998. The van der Waals surface area contributed by atoms with Crippen LogP contribution in [0.2, 0.25) is 0 Å². The van der Waals surface area contributed by atoms with E-state index in [2.05, 4.69) is 10.7 Å². The molecule has 2 amide bonds. The lowest BCUT2D eigenvalue weighted by Gasteiger charge is -2.09. The van der Waals surface area contributed by atoms with E-state index in [0.29, 0.717) is 0 Å². The number of benzene rings is 1. The first-order valence-corrected chi connectivity index (χ1v) is 3.92. The predicted molar refractivity (Wildman–Crippen MR) is 48.6 cm³/mol. The summed E-state index contributed by atoms with van der Waals surface area (Å²) in [5, 5.41) is 0. The third-order valence-corrected chi connectivity index (χ3v) is 1.54. The van der Waals surface area contributed by atoms with Crippen molar-refractivity contribution in [1.82, 2.24) is 0 Å². The molecule has 0 fully saturated rings. The highest BCUT2D eigenvalue weighted by Crippen LogP contribution is 2.22. The van der Waals surface area contributed by atoms with Gasteiger partial charge in [0, 0.05) is 5.56 Å².